The van der Waals surface area contributed by atoms with Gasteiger partial charge in [0.1, 0.15) is 17.5 Å². The number of aromatic nitrogens is 2. The summed E-state index contributed by atoms with van der Waals surface area (Å²) >= 11 is 0. The van der Waals surface area contributed by atoms with E-state index in [2.05, 4.69) is 10.3 Å². The van der Waals surface area contributed by atoms with Crippen LogP contribution in [0.1, 0.15) is 18.8 Å². The molecule has 0 amide bonds. The number of hydrogen-bond acceptors (Lipinski definition) is 2. The van der Waals surface area contributed by atoms with E-state index in [0.717, 1.165) is 11.9 Å². The van der Waals surface area contributed by atoms with Crippen LogP contribution in [-0.4, -0.2) is 9.55 Å². The van der Waals surface area contributed by atoms with Gasteiger partial charge in [-0.25, -0.2) is 13.8 Å². The summed E-state index contributed by atoms with van der Waals surface area (Å²) in [6.45, 7) is 1.88. The zero-order valence-corrected chi connectivity index (χ0v) is 9.61. The third-order valence-corrected chi connectivity index (χ3v) is 2.49. The fourth-order valence-corrected chi connectivity index (χ4v) is 1.75. The molecule has 0 aliphatic carbocycles. The van der Waals surface area contributed by atoms with Crippen LogP contribution in [0.5, 0.6) is 0 Å². The summed E-state index contributed by atoms with van der Waals surface area (Å²) in [6.07, 6.45) is 3.50. The average molecular weight is 237 g/mol. The first-order valence-electron chi connectivity index (χ1n) is 5.26. The van der Waals surface area contributed by atoms with Gasteiger partial charge < -0.3 is 9.88 Å². The number of halogens is 2. The summed E-state index contributed by atoms with van der Waals surface area (Å²) in [5.74, 6) is -0.395. The van der Waals surface area contributed by atoms with Crippen molar-refractivity contribution >= 4 is 5.69 Å². The van der Waals surface area contributed by atoms with Crippen LogP contribution in [0.25, 0.3) is 0 Å². The SMILES string of the molecule is CC(Nc1cc(F)cc(F)c1)c1nccn1C. The highest BCUT2D eigenvalue weighted by molar-refractivity contribution is 5.45. The van der Waals surface area contributed by atoms with Gasteiger partial charge in [0.25, 0.3) is 0 Å². The van der Waals surface area contributed by atoms with E-state index in [-0.39, 0.29) is 6.04 Å². The van der Waals surface area contributed by atoms with Crippen molar-refractivity contribution in [1.82, 2.24) is 9.55 Å². The van der Waals surface area contributed by atoms with Gasteiger partial charge in [-0.3, -0.25) is 0 Å². The van der Waals surface area contributed by atoms with Crippen LogP contribution in [0.15, 0.2) is 30.6 Å². The first-order valence-corrected chi connectivity index (χ1v) is 5.26. The third-order valence-electron chi connectivity index (χ3n) is 2.49. The second kappa shape index (κ2) is 4.53. The highest BCUT2D eigenvalue weighted by Gasteiger charge is 2.10. The second-order valence-corrected chi connectivity index (χ2v) is 3.92. The summed E-state index contributed by atoms with van der Waals surface area (Å²) in [6, 6.07) is 3.22. The van der Waals surface area contributed by atoms with Gasteiger partial charge in [-0.05, 0) is 19.1 Å². The van der Waals surface area contributed by atoms with Crippen molar-refractivity contribution in [2.45, 2.75) is 13.0 Å². The zero-order chi connectivity index (χ0) is 12.4. The monoisotopic (exact) mass is 237 g/mol. The number of hydrogen-bond donors (Lipinski definition) is 1. The van der Waals surface area contributed by atoms with Crippen LogP contribution in [-0.2, 0) is 7.05 Å². The van der Waals surface area contributed by atoms with Crippen LogP contribution >= 0.6 is 0 Å². The summed E-state index contributed by atoms with van der Waals surface area (Å²) in [5, 5.41) is 3.00. The molecule has 0 aliphatic heterocycles. The molecule has 17 heavy (non-hydrogen) atoms. The Balaban J connectivity index is 2.18. The first kappa shape index (κ1) is 11.6. The molecule has 1 heterocycles. The van der Waals surface area contributed by atoms with Gasteiger partial charge in [0, 0.05) is 31.2 Å². The average Bonchev–Trinajstić information content (AvgIpc) is 2.62. The quantitative estimate of drug-likeness (QED) is 0.889. The summed E-state index contributed by atoms with van der Waals surface area (Å²) in [7, 11) is 1.87. The Morgan fingerprint density at radius 1 is 1.24 bits per heavy atom. The van der Waals surface area contributed by atoms with E-state index in [0.29, 0.717) is 5.69 Å². The largest absolute Gasteiger partial charge is 0.375 e. The van der Waals surface area contributed by atoms with E-state index >= 15 is 0 Å². The minimum atomic E-state index is -0.598. The van der Waals surface area contributed by atoms with E-state index in [1.54, 1.807) is 6.20 Å². The molecule has 1 atom stereocenters. The van der Waals surface area contributed by atoms with Gasteiger partial charge in [0.05, 0.1) is 6.04 Å². The van der Waals surface area contributed by atoms with E-state index in [1.165, 1.54) is 12.1 Å². The van der Waals surface area contributed by atoms with Crippen LogP contribution in [0.2, 0.25) is 0 Å². The molecular weight excluding hydrogens is 224 g/mol. The predicted octanol–water partition coefficient (Wildman–Crippen LogP) is 2.87. The molecule has 0 saturated heterocycles. The van der Waals surface area contributed by atoms with E-state index in [4.69, 9.17) is 0 Å². The van der Waals surface area contributed by atoms with Crippen LogP contribution in [0.3, 0.4) is 0 Å². The van der Waals surface area contributed by atoms with Gasteiger partial charge in [0.2, 0.25) is 0 Å². The van der Waals surface area contributed by atoms with Crippen molar-refractivity contribution in [3.8, 4) is 0 Å². The molecule has 1 aromatic carbocycles. The maximum absolute atomic E-state index is 13.0. The third kappa shape index (κ3) is 2.61. The molecule has 0 bridgehead atoms. The number of benzene rings is 1. The highest BCUT2D eigenvalue weighted by atomic mass is 19.1. The van der Waals surface area contributed by atoms with Gasteiger partial charge in [0.15, 0.2) is 0 Å². The summed E-state index contributed by atoms with van der Waals surface area (Å²) in [4.78, 5) is 4.17. The molecule has 2 rings (SSSR count). The van der Waals surface area contributed by atoms with E-state index in [9.17, 15) is 8.78 Å². The molecule has 0 spiro atoms. The number of imidazole rings is 1. The second-order valence-electron chi connectivity index (χ2n) is 3.92. The molecule has 1 unspecified atom stereocenters. The molecule has 90 valence electrons. The molecular formula is C12H13F2N3. The predicted molar refractivity (Wildman–Crippen MR) is 61.6 cm³/mol. The topological polar surface area (TPSA) is 29.9 Å². The van der Waals surface area contributed by atoms with Gasteiger partial charge in [-0.2, -0.15) is 0 Å². The smallest absolute Gasteiger partial charge is 0.130 e. The molecule has 0 aliphatic rings. The van der Waals surface area contributed by atoms with Crippen molar-refractivity contribution in [2.75, 3.05) is 5.32 Å². The Bertz CT molecular complexity index is 502. The molecule has 1 aromatic heterocycles. The summed E-state index contributed by atoms with van der Waals surface area (Å²) in [5.41, 5.74) is 0.401. The number of rotatable bonds is 3. The lowest BCUT2D eigenvalue weighted by Crippen LogP contribution is -2.12. The molecule has 5 heteroatoms. The minimum absolute atomic E-state index is 0.129. The molecule has 0 fully saturated rings. The Kier molecular flexibility index (Phi) is 3.08. The molecule has 0 saturated carbocycles. The molecule has 2 aromatic rings. The molecule has 3 nitrogen and oxygen atoms in total. The molecule has 1 N–H and O–H groups in total. The lowest BCUT2D eigenvalue weighted by atomic mass is 10.2. The fourth-order valence-electron chi connectivity index (χ4n) is 1.75. The van der Waals surface area contributed by atoms with E-state index < -0.39 is 11.6 Å². The minimum Gasteiger partial charge on any atom is -0.375 e. The fraction of sp³-hybridized carbons (Fsp3) is 0.250. The number of nitrogens with one attached hydrogen (secondary N) is 1. The Morgan fingerprint density at radius 3 is 2.41 bits per heavy atom. The maximum Gasteiger partial charge on any atom is 0.130 e. The number of aryl methyl sites for hydroxylation is 1. The zero-order valence-electron chi connectivity index (χ0n) is 9.61. The Labute approximate surface area is 98.1 Å². The summed E-state index contributed by atoms with van der Waals surface area (Å²) < 4.78 is 27.9. The van der Waals surface area contributed by atoms with Crippen molar-refractivity contribution < 1.29 is 8.78 Å². The Hall–Kier alpha value is -1.91. The van der Waals surface area contributed by atoms with Crippen LogP contribution < -0.4 is 5.32 Å². The lowest BCUT2D eigenvalue weighted by Gasteiger charge is -2.15. The van der Waals surface area contributed by atoms with Crippen LogP contribution in [0.4, 0.5) is 14.5 Å². The van der Waals surface area contributed by atoms with Gasteiger partial charge in [-0.1, -0.05) is 0 Å². The lowest BCUT2D eigenvalue weighted by molar-refractivity contribution is 0.583. The normalized spacial score (nSPS) is 12.5. The van der Waals surface area contributed by atoms with Crippen molar-refractivity contribution in [3.05, 3.63) is 48.1 Å². The van der Waals surface area contributed by atoms with Crippen molar-refractivity contribution in [1.29, 1.82) is 0 Å². The Morgan fingerprint density at radius 2 is 1.88 bits per heavy atom. The van der Waals surface area contributed by atoms with Gasteiger partial charge >= 0.3 is 0 Å². The van der Waals surface area contributed by atoms with E-state index in [1.807, 2.05) is 24.7 Å². The van der Waals surface area contributed by atoms with Crippen molar-refractivity contribution in [3.63, 3.8) is 0 Å². The molecule has 0 radical (unpaired) electrons. The number of nitrogens with zero attached hydrogens (tertiary/aromatic N) is 2. The van der Waals surface area contributed by atoms with Crippen molar-refractivity contribution in [2.24, 2.45) is 7.05 Å². The van der Waals surface area contributed by atoms with Gasteiger partial charge in [-0.15, -0.1) is 0 Å². The standard InChI is InChI=1S/C12H13F2N3/c1-8(12-15-3-4-17(12)2)16-11-6-9(13)5-10(14)7-11/h3-8,16H,1-2H3. The maximum atomic E-state index is 13.0. The van der Waals surface area contributed by atoms with Crippen LogP contribution in [0, 0.1) is 11.6 Å². The highest BCUT2D eigenvalue weighted by Crippen LogP contribution is 2.19. The first-order chi connectivity index (χ1) is 8.06. The number of anilines is 1.